The second kappa shape index (κ2) is 5.56. The Hall–Kier alpha value is -2.30. The van der Waals surface area contributed by atoms with Gasteiger partial charge in [0, 0.05) is 18.7 Å². The van der Waals surface area contributed by atoms with Crippen LogP contribution in [0.1, 0.15) is 21.7 Å². The van der Waals surface area contributed by atoms with Crippen molar-refractivity contribution in [1.82, 2.24) is 5.32 Å². The van der Waals surface area contributed by atoms with Gasteiger partial charge in [-0.1, -0.05) is 0 Å². The standard InChI is InChI=1S/C14H15FN2O2/c1-9-7-10(16)8-12(13(9)15)14(18)17-5-4-11-3-2-6-19-11/h2-3,6-8H,4-5,16H2,1H3,(H,17,18). The Balaban J connectivity index is 2.00. The maximum Gasteiger partial charge on any atom is 0.254 e. The molecule has 1 aromatic carbocycles. The maximum atomic E-state index is 13.8. The molecule has 1 aromatic heterocycles. The predicted molar refractivity (Wildman–Crippen MR) is 70.3 cm³/mol. The van der Waals surface area contributed by atoms with Gasteiger partial charge in [0.1, 0.15) is 11.6 Å². The van der Waals surface area contributed by atoms with Crippen molar-refractivity contribution in [2.24, 2.45) is 0 Å². The van der Waals surface area contributed by atoms with Crippen LogP contribution in [0.4, 0.5) is 10.1 Å². The molecule has 100 valence electrons. The molecule has 0 aliphatic carbocycles. The van der Waals surface area contributed by atoms with Crippen molar-refractivity contribution in [1.29, 1.82) is 0 Å². The molecular weight excluding hydrogens is 247 g/mol. The minimum absolute atomic E-state index is 0.0306. The third-order valence-corrected chi connectivity index (χ3v) is 2.76. The largest absolute Gasteiger partial charge is 0.469 e. The summed E-state index contributed by atoms with van der Waals surface area (Å²) < 4.78 is 18.9. The lowest BCUT2D eigenvalue weighted by Crippen LogP contribution is -2.26. The fraction of sp³-hybridized carbons (Fsp3) is 0.214. The average Bonchev–Trinajstić information content (AvgIpc) is 2.86. The molecular formula is C14H15FN2O2. The van der Waals surface area contributed by atoms with Crippen LogP contribution in [0, 0.1) is 12.7 Å². The monoisotopic (exact) mass is 262 g/mol. The van der Waals surface area contributed by atoms with Crippen LogP contribution in [-0.2, 0) is 6.42 Å². The number of halogens is 1. The summed E-state index contributed by atoms with van der Waals surface area (Å²) in [5.41, 5.74) is 6.31. The minimum Gasteiger partial charge on any atom is -0.469 e. The van der Waals surface area contributed by atoms with Crippen molar-refractivity contribution >= 4 is 11.6 Å². The molecule has 1 amide bonds. The third-order valence-electron chi connectivity index (χ3n) is 2.76. The first kappa shape index (κ1) is 13.1. The normalized spacial score (nSPS) is 10.4. The Morgan fingerprint density at radius 2 is 2.26 bits per heavy atom. The van der Waals surface area contributed by atoms with E-state index in [0.29, 0.717) is 24.2 Å². The molecule has 3 N–H and O–H groups in total. The topological polar surface area (TPSA) is 68.3 Å². The van der Waals surface area contributed by atoms with Gasteiger partial charge in [0.2, 0.25) is 0 Å². The van der Waals surface area contributed by atoms with Gasteiger partial charge in [-0.3, -0.25) is 4.79 Å². The lowest BCUT2D eigenvalue weighted by Gasteiger charge is -2.08. The number of carbonyl (C=O) groups is 1. The highest BCUT2D eigenvalue weighted by molar-refractivity contribution is 5.95. The molecule has 2 aromatic rings. The van der Waals surface area contributed by atoms with Crippen molar-refractivity contribution < 1.29 is 13.6 Å². The number of aryl methyl sites for hydroxylation is 1. The Labute approximate surface area is 110 Å². The fourth-order valence-electron chi connectivity index (χ4n) is 1.81. The van der Waals surface area contributed by atoms with Gasteiger partial charge in [-0.05, 0) is 36.8 Å². The number of rotatable bonds is 4. The van der Waals surface area contributed by atoms with Crippen molar-refractivity contribution in [3.63, 3.8) is 0 Å². The number of carbonyl (C=O) groups excluding carboxylic acids is 1. The molecule has 0 fully saturated rings. The molecule has 0 bridgehead atoms. The van der Waals surface area contributed by atoms with Crippen LogP contribution in [0.3, 0.4) is 0 Å². The van der Waals surface area contributed by atoms with Gasteiger partial charge in [-0.2, -0.15) is 0 Å². The first-order valence-electron chi connectivity index (χ1n) is 5.94. The van der Waals surface area contributed by atoms with E-state index in [1.165, 1.54) is 12.1 Å². The number of anilines is 1. The lowest BCUT2D eigenvalue weighted by atomic mass is 10.1. The van der Waals surface area contributed by atoms with Crippen molar-refractivity contribution in [3.8, 4) is 0 Å². The van der Waals surface area contributed by atoms with Crippen LogP contribution in [0.5, 0.6) is 0 Å². The highest BCUT2D eigenvalue weighted by atomic mass is 19.1. The quantitative estimate of drug-likeness (QED) is 0.831. The van der Waals surface area contributed by atoms with Crippen LogP contribution >= 0.6 is 0 Å². The summed E-state index contributed by atoms with van der Waals surface area (Å²) >= 11 is 0. The summed E-state index contributed by atoms with van der Waals surface area (Å²) in [6, 6.07) is 6.43. The summed E-state index contributed by atoms with van der Waals surface area (Å²) in [4.78, 5) is 11.9. The second-order valence-corrected chi connectivity index (χ2v) is 4.28. The molecule has 5 heteroatoms. The van der Waals surface area contributed by atoms with E-state index >= 15 is 0 Å². The summed E-state index contributed by atoms with van der Waals surface area (Å²) in [6.07, 6.45) is 2.12. The average molecular weight is 262 g/mol. The molecule has 2 rings (SSSR count). The Morgan fingerprint density at radius 1 is 1.47 bits per heavy atom. The molecule has 1 heterocycles. The number of furan rings is 1. The van der Waals surface area contributed by atoms with Crippen molar-refractivity contribution in [2.75, 3.05) is 12.3 Å². The van der Waals surface area contributed by atoms with Crippen LogP contribution in [0.15, 0.2) is 34.9 Å². The van der Waals surface area contributed by atoms with Gasteiger partial charge >= 0.3 is 0 Å². The Kier molecular flexibility index (Phi) is 3.85. The number of benzene rings is 1. The summed E-state index contributed by atoms with van der Waals surface area (Å²) in [7, 11) is 0. The molecule has 0 atom stereocenters. The zero-order chi connectivity index (χ0) is 13.8. The van der Waals surface area contributed by atoms with Crippen molar-refractivity contribution in [2.45, 2.75) is 13.3 Å². The number of amides is 1. The van der Waals surface area contributed by atoms with Gasteiger partial charge in [-0.25, -0.2) is 4.39 Å². The molecule has 0 spiro atoms. The van der Waals surface area contributed by atoms with Crippen LogP contribution in [0.25, 0.3) is 0 Å². The summed E-state index contributed by atoms with van der Waals surface area (Å²) in [6.45, 7) is 1.95. The van der Waals surface area contributed by atoms with Crippen LogP contribution < -0.4 is 11.1 Å². The van der Waals surface area contributed by atoms with Crippen molar-refractivity contribution in [3.05, 3.63) is 53.2 Å². The molecule has 0 aliphatic heterocycles. The minimum atomic E-state index is -0.537. The zero-order valence-corrected chi connectivity index (χ0v) is 10.6. The first-order chi connectivity index (χ1) is 9.08. The second-order valence-electron chi connectivity index (χ2n) is 4.28. The van der Waals surface area contributed by atoms with E-state index in [1.807, 2.05) is 6.07 Å². The molecule has 0 radical (unpaired) electrons. The SMILES string of the molecule is Cc1cc(N)cc(C(=O)NCCc2ccco2)c1F. The first-order valence-corrected chi connectivity index (χ1v) is 5.94. The number of nitrogens with two attached hydrogens (primary N) is 1. The van der Waals surface area contributed by atoms with E-state index in [4.69, 9.17) is 10.2 Å². The molecule has 19 heavy (non-hydrogen) atoms. The van der Waals surface area contributed by atoms with Gasteiger partial charge < -0.3 is 15.5 Å². The Morgan fingerprint density at radius 3 is 2.95 bits per heavy atom. The smallest absolute Gasteiger partial charge is 0.254 e. The molecule has 0 aliphatic rings. The number of nitrogen functional groups attached to an aromatic ring is 1. The number of hydrogen-bond donors (Lipinski definition) is 2. The van der Waals surface area contributed by atoms with Crippen LogP contribution in [0.2, 0.25) is 0 Å². The molecule has 0 saturated carbocycles. The lowest BCUT2D eigenvalue weighted by molar-refractivity contribution is 0.0949. The van der Waals surface area contributed by atoms with E-state index in [0.717, 1.165) is 5.76 Å². The predicted octanol–water partition coefficient (Wildman–Crippen LogP) is 2.28. The zero-order valence-electron chi connectivity index (χ0n) is 10.6. The van der Waals surface area contributed by atoms with E-state index in [-0.39, 0.29) is 5.56 Å². The highest BCUT2D eigenvalue weighted by Gasteiger charge is 2.14. The van der Waals surface area contributed by atoms with E-state index in [9.17, 15) is 9.18 Å². The maximum absolute atomic E-state index is 13.8. The van der Waals surface area contributed by atoms with Crippen LogP contribution in [-0.4, -0.2) is 12.5 Å². The van der Waals surface area contributed by atoms with Gasteiger partial charge in [-0.15, -0.1) is 0 Å². The summed E-state index contributed by atoms with van der Waals surface area (Å²) in [5.74, 6) is -0.242. The molecule has 0 saturated heterocycles. The van der Waals surface area contributed by atoms with E-state index in [1.54, 1.807) is 19.3 Å². The number of hydrogen-bond acceptors (Lipinski definition) is 3. The Bertz CT molecular complexity index is 579. The van der Waals surface area contributed by atoms with E-state index < -0.39 is 11.7 Å². The summed E-state index contributed by atoms with van der Waals surface area (Å²) in [5, 5.41) is 2.64. The molecule has 4 nitrogen and oxygen atoms in total. The molecule has 0 unspecified atom stereocenters. The van der Waals surface area contributed by atoms with E-state index in [2.05, 4.69) is 5.32 Å². The third kappa shape index (κ3) is 3.13. The highest BCUT2D eigenvalue weighted by Crippen LogP contribution is 2.16. The number of nitrogens with one attached hydrogen (secondary N) is 1. The van der Waals surface area contributed by atoms with Gasteiger partial charge in [0.15, 0.2) is 0 Å². The van der Waals surface area contributed by atoms with Gasteiger partial charge in [0.05, 0.1) is 11.8 Å². The fourth-order valence-corrected chi connectivity index (χ4v) is 1.81. The van der Waals surface area contributed by atoms with Gasteiger partial charge in [0.25, 0.3) is 5.91 Å².